The van der Waals surface area contributed by atoms with Gasteiger partial charge in [-0.2, -0.15) is 0 Å². The van der Waals surface area contributed by atoms with E-state index in [4.69, 9.17) is 10.2 Å². The Balaban J connectivity index is -0.0000000245. The van der Waals surface area contributed by atoms with Gasteiger partial charge in [0.15, 0.2) is 0 Å². The van der Waals surface area contributed by atoms with Crippen LogP contribution in [0.5, 0.6) is 0 Å². The van der Waals surface area contributed by atoms with E-state index in [1.165, 1.54) is 0 Å². The molecule has 8 nitrogen and oxygen atoms in total. The fourth-order valence-electron chi connectivity index (χ4n) is 0.143. The van der Waals surface area contributed by atoms with Crippen molar-refractivity contribution in [1.82, 2.24) is 0 Å². The Morgan fingerprint density at radius 2 is 0.923 bits per heavy atom. The van der Waals surface area contributed by atoms with E-state index < -0.39 is 11.9 Å². The minimum atomic E-state index is -1.26. The van der Waals surface area contributed by atoms with E-state index in [9.17, 15) is 9.59 Å². The van der Waals surface area contributed by atoms with Gasteiger partial charge in [-0.15, -0.1) is 0 Å². The summed E-state index contributed by atoms with van der Waals surface area (Å²) >= 11 is 0. The van der Waals surface area contributed by atoms with Crippen molar-refractivity contribution in [2.45, 2.75) is 0 Å². The van der Waals surface area contributed by atoms with Gasteiger partial charge in [-0.25, -0.2) is 9.59 Å². The molecule has 0 atom stereocenters. The molecule has 10 N–H and O–H groups in total. The normalized spacial score (nSPS) is 5.85. The average molecular weight is 247 g/mol. The largest absolute Gasteiger partial charge is 0.478 e. The summed E-state index contributed by atoms with van der Waals surface area (Å²) in [6.45, 7) is 0. The SMILES string of the molecule is O.O.O.O.O=C(O)/C=C\C(=O)O.[Ni]. The van der Waals surface area contributed by atoms with Crippen LogP contribution in [0, 0.1) is 0 Å². The first-order chi connectivity index (χ1) is 3.63. The van der Waals surface area contributed by atoms with Crippen LogP contribution in [0.15, 0.2) is 12.2 Å². The molecule has 0 aliphatic carbocycles. The molecule has 0 aliphatic rings. The molecule has 0 rings (SSSR count). The number of rotatable bonds is 2. The van der Waals surface area contributed by atoms with E-state index in [0.717, 1.165) is 0 Å². The van der Waals surface area contributed by atoms with Crippen LogP contribution in [0.3, 0.4) is 0 Å². The molecule has 0 bridgehead atoms. The number of aliphatic carboxylic acids is 2. The first-order valence-electron chi connectivity index (χ1n) is 1.77. The zero-order valence-electron chi connectivity index (χ0n) is 6.18. The van der Waals surface area contributed by atoms with Crippen LogP contribution in [0.1, 0.15) is 0 Å². The van der Waals surface area contributed by atoms with Crippen LogP contribution in [0.4, 0.5) is 0 Å². The molecular weight excluding hydrogens is 235 g/mol. The third kappa shape index (κ3) is 55.5. The zero-order valence-corrected chi connectivity index (χ0v) is 7.17. The summed E-state index contributed by atoms with van der Waals surface area (Å²) in [6.07, 6.45) is 1.12. The fourth-order valence-corrected chi connectivity index (χ4v) is 0.143. The summed E-state index contributed by atoms with van der Waals surface area (Å²) in [5.74, 6) is -2.51. The van der Waals surface area contributed by atoms with Crippen molar-refractivity contribution >= 4 is 11.9 Å². The maximum atomic E-state index is 9.55. The van der Waals surface area contributed by atoms with Crippen molar-refractivity contribution in [2.75, 3.05) is 0 Å². The van der Waals surface area contributed by atoms with Gasteiger partial charge in [-0.05, 0) is 0 Å². The molecule has 0 amide bonds. The van der Waals surface area contributed by atoms with Gasteiger partial charge < -0.3 is 32.1 Å². The van der Waals surface area contributed by atoms with Crippen LogP contribution in [-0.2, 0) is 26.1 Å². The molecule has 0 saturated heterocycles. The molecule has 0 fully saturated rings. The van der Waals surface area contributed by atoms with Gasteiger partial charge in [0.25, 0.3) is 0 Å². The van der Waals surface area contributed by atoms with Gasteiger partial charge in [-0.3, -0.25) is 0 Å². The van der Waals surface area contributed by atoms with Crippen molar-refractivity contribution < 1.29 is 58.2 Å². The van der Waals surface area contributed by atoms with Crippen molar-refractivity contribution in [3.63, 3.8) is 0 Å². The third-order valence-electron chi connectivity index (χ3n) is 0.368. The quantitative estimate of drug-likeness (QED) is 0.375. The zero-order chi connectivity index (χ0) is 6.57. The smallest absolute Gasteiger partial charge is 0.328 e. The van der Waals surface area contributed by atoms with Crippen molar-refractivity contribution in [3.8, 4) is 0 Å². The number of hydrogen-bond acceptors (Lipinski definition) is 2. The van der Waals surface area contributed by atoms with E-state index in [1.807, 2.05) is 0 Å². The Morgan fingerprint density at radius 3 is 1.00 bits per heavy atom. The average Bonchev–Trinajstić information content (AvgIpc) is 1.61. The van der Waals surface area contributed by atoms with Crippen LogP contribution in [0.2, 0.25) is 0 Å². The molecule has 0 aromatic rings. The summed E-state index contributed by atoms with van der Waals surface area (Å²) < 4.78 is 0. The van der Waals surface area contributed by atoms with Gasteiger partial charge in [0.1, 0.15) is 0 Å². The molecule has 13 heavy (non-hydrogen) atoms. The fraction of sp³-hybridized carbons (Fsp3) is 0. The van der Waals surface area contributed by atoms with Crippen molar-refractivity contribution in [3.05, 3.63) is 12.2 Å². The Labute approximate surface area is 83.0 Å². The Hall–Kier alpha value is -0.986. The Bertz CT molecular complexity index is 127. The summed E-state index contributed by atoms with van der Waals surface area (Å²) in [4.78, 5) is 19.1. The summed E-state index contributed by atoms with van der Waals surface area (Å²) in [5, 5.41) is 15.6. The molecule has 0 aliphatic heterocycles. The van der Waals surface area contributed by atoms with Crippen LogP contribution >= 0.6 is 0 Å². The molecule has 0 saturated carbocycles. The first-order valence-corrected chi connectivity index (χ1v) is 1.77. The maximum absolute atomic E-state index is 9.55. The standard InChI is InChI=1S/C4H4O4.Ni.4H2O/c5-3(6)1-2-4(7)8;;;;;/h1-2H,(H,5,6)(H,7,8);;4*1H2/b2-1-;;;;;. The van der Waals surface area contributed by atoms with Crippen LogP contribution in [0.25, 0.3) is 0 Å². The number of carboxylic acid groups (broad SMARTS) is 2. The minimum Gasteiger partial charge on any atom is -0.478 e. The summed E-state index contributed by atoms with van der Waals surface area (Å²) in [5.41, 5.74) is 0. The monoisotopic (exact) mass is 246 g/mol. The molecule has 86 valence electrons. The predicted octanol–water partition coefficient (Wildman–Crippen LogP) is -3.59. The number of hydrogen-bond donors (Lipinski definition) is 2. The minimum absolute atomic E-state index is 0. The first kappa shape index (κ1) is 40.3. The Kier molecular flexibility index (Phi) is 69.6. The van der Waals surface area contributed by atoms with Gasteiger partial charge >= 0.3 is 11.9 Å². The van der Waals surface area contributed by atoms with Crippen molar-refractivity contribution in [1.29, 1.82) is 0 Å². The molecule has 9 heteroatoms. The topological polar surface area (TPSA) is 201 Å². The van der Waals surface area contributed by atoms with E-state index in [1.54, 1.807) is 0 Å². The van der Waals surface area contributed by atoms with Crippen LogP contribution in [-0.4, -0.2) is 44.1 Å². The van der Waals surface area contributed by atoms with Crippen molar-refractivity contribution in [2.24, 2.45) is 0 Å². The molecular formula is C4H12NiO8. The predicted molar refractivity (Wildman–Crippen MR) is 38.9 cm³/mol. The second-order valence-electron chi connectivity index (χ2n) is 1.01. The summed E-state index contributed by atoms with van der Waals surface area (Å²) in [6, 6.07) is 0. The second-order valence-corrected chi connectivity index (χ2v) is 1.01. The maximum Gasteiger partial charge on any atom is 0.328 e. The molecule has 0 heterocycles. The Morgan fingerprint density at radius 1 is 0.769 bits per heavy atom. The summed E-state index contributed by atoms with van der Waals surface area (Å²) in [7, 11) is 0. The number of carboxylic acids is 2. The van der Waals surface area contributed by atoms with E-state index in [0.29, 0.717) is 12.2 Å². The van der Waals surface area contributed by atoms with E-state index in [-0.39, 0.29) is 38.4 Å². The van der Waals surface area contributed by atoms with Gasteiger partial charge in [0.05, 0.1) is 0 Å². The van der Waals surface area contributed by atoms with Crippen LogP contribution < -0.4 is 0 Å². The van der Waals surface area contributed by atoms with Gasteiger partial charge in [-0.1, -0.05) is 0 Å². The third-order valence-corrected chi connectivity index (χ3v) is 0.368. The molecule has 0 radical (unpaired) electrons. The number of carbonyl (C=O) groups is 2. The van der Waals surface area contributed by atoms with Gasteiger partial charge in [0, 0.05) is 28.6 Å². The van der Waals surface area contributed by atoms with Gasteiger partial charge in [0.2, 0.25) is 0 Å². The second kappa shape index (κ2) is 22.5. The molecule has 0 unspecified atom stereocenters. The molecule has 0 aromatic carbocycles. The van der Waals surface area contributed by atoms with E-state index >= 15 is 0 Å². The molecule has 0 spiro atoms. The molecule has 0 aromatic heterocycles. The van der Waals surface area contributed by atoms with E-state index in [2.05, 4.69) is 0 Å².